The molecule has 5 nitrogen and oxygen atoms in total. The molecule has 0 fully saturated rings. The molecule has 0 aliphatic carbocycles. The zero-order chi connectivity index (χ0) is 23.1. The molecule has 3 aromatic carbocycles. The van der Waals surface area contributed by atoms with E-state index in [1.165, 1.54) is 21.9 Å². The summed E-state index contributed by atoms with van der Waals surface area (Å²) in [4.78, 5) is 7.18. The van der Waals surface area contributed by atoms with E-state index in [9.17, 15) is 0 Å². The third-order valence-corrected chi connectivity index (χ3v) is 6.51. The Bertz CT molecular complexity index is 1360. The van der Waals surface area contributed by atoms with E-state index >= 15 is 0 Å². The van der Waals surface area contributed by atoms with Crippen LogP contribution in [0.3, 0.4) is 0 Å². The van der Waals surface area contributed by atoms with Crippen molar-refractivity contribution in [3.63, 3.8) is 0 Å². The SMILES string of the molecule is COc1cc(OC)c(C(c2c(C)[nH]c3ccccc23)c2c(C)[nH]c3ccccc23)c(OC)c1. The van der Waals surface area contributed by atoms with Crippen LogP contribution in [-0.2, 0) is 0 Å². The molecule has 0 aliphatic heterocycles. The van der Waals surface area contributed by atoms with E-state index in [-0.39, 0.29) is 5.92 Å². The highest BCUT2D eigenvalue weighted by Crippen LogP contribution is 2.49. The Labute approximate surface area is 193 Å². The van der Waals surface area contributed by atoms with E-state index in [1.807, 2.05) is 12.1 Å². The Kier molecular flexibility index (Phi) is 5.25. The predicted octanol–water partition coefficient (Wildman–Crippen LogP) is 6.47. The summed E-state index contributed by atoms with van der Waals surface area (Å²) in [5.74, 6) is 2.02. The number of hydrogen-bond acceptors (Lipinski definition) is 3. The van der Waals surface area contributed by atoms with E-state index in [1.54, 1.807) is 21.3 Å². The standard InChI is InChI=1S/C28H28N2O3/c1-16-25(19-10-6-8-12-21(19)29-16)28(26-17(2)30-22-13-9-7-11-20(22)26)27-23(32-4)14-18(31-3)15-24(27)33-5/h6-15,28-30H,1-5H3. The second-order valence-electron chi connectivity index (χ2n) is 8.30. The van der Waals surface area contributed by atoms with E-state index in [2.05, 4.69) is 72.3 Å². The minimum absolute atomic E-state index is 0.131. The molecule has 0 radical (unpaired) electrons. The topological polar surface area (TPSA) is 59.3 Å². The quantitative estimate of drug-likeness (QED) is 0.318. The number of para-hydroxylation sites is 2. The molecular formula is C28H28N2O3. The van der Waals surface area contributed by atoms with Crippen LogP contribution >= 0.6 is 0 Å². The number of benzene rings is 3. The van der Waals surface area contributed by atoms with Gasteiger partial charge in [0.2, 0.25) is 0 Å². The molecule has 0 spiro atoms. The van der Waals surface area contributed by atoms with Crippen molar-refractivity contribution >= 4 is 21.8 Å². The van der Waals surface area contributed by atoms with E-state index < -0.39 is 0 Å². The van der Waals surface area contributed by atoms with Gasteiger partial charge >= 0.3 is 0 Å². The minimum Gasteiger partial charge on any atom is -0.496 e. The number of aromatic amines is 2. The Hall–Kier alpha value is -3.86. The smallest absolute Gasteiger partial charge is 0.130 e. The monoisotopic (exact) mass is 440 g/mol. The number of fused-ring (bicyclic) bond motifs is 2. The Morgan fingerprint density at radius 1 is 0.606 bits per heavy atom. The molecule has 2 heterocycles. The second-order valence-corrected chi connectivity index (χ2v) is 8.30. The lowest BCUT2D eigenvalue weighted by atomic mass is 9.81. The zero-order valence-corrected chi connectivity index (χ0v) is 19.6. The molecule has 5 rings (SSSR count). The number of H-pyrrole nitrogens is 2. The average molecular weight is 441 g/mol. The first-order valence-corrected chi connectivity index (χ1v) is 11.0. The van der Waals surface area contributed by atoms with Gasteiger partial charge in [0.15, 0.2) is 0 Å². The van der Waals surface area contributed by atoms with Crippen molar-refractivity contribution in [1.29, 1.82) is 0 Å². The van der Waals surface area contributed by atoms with Crippen molar-refractivity contribution in [2.24, 2.45) is 0 Å². The molecule has 0 amide bonds. The van der Waals surface area contributed by atoms with Gasteiger partial charge < -0.3 is 24.2 Å². The van der Waals surface area contributed by atoms with Gasteiger partial charge in [-0.25, -0.2) is 0 Å². The summed E-state index contributed by atoms with van der Waals surface area (Å²) in [6.45, 7) is 4.27. The van der Waals surface area contributed by atoms with Gasteiger partial charge in [-0.3, -0.25) is 0 Å². The van der Waals surface area contributed by atoms with Crippen LogP contribution in [0.4, 0.5) is 0 Å². The molecule has 0 bridgehead atoms. The highest BCUT2D eigenvalue weighted by molar-refractivity contribution is 5.91. The van der Waals surface area contributed by atoms with Gasteiger partial charge in [-0.15, -0.1) is 0 Å². The van der Waals surface area contributed by atoms with Gasteiger partial charge in [-0.1, -0.05) is 36.4 Å². The molecule has 2 aromatic heterocycles. The summed E-state index contributed by atoms with van der Waals surface area (Å²) in [5, 5.41) is 2.37. The van der Waals surface area contributed by atoms with Crippen molar-refractivity contribution in [3.8, 4) is 17.2 Å². The van der Waals surface area contributed by atoms with Gasteiger partial charge in [-0.05, 0) is 37.1 Å². The first-order valence-electron chi connectivity index (χ1n) is 11.0. The normalized spacial score (nSPS) is 11.5. The number of hydrogen-bond donors (Lipinski definition) is 2. The third kappa shape index (κ3) is 3.32. The molecule has 0 aliphatic rings. The Morgan fingerprint density at radius 2 is 1.06 bits per heavy atom. The number of ether oxygens (including phenoxy) is 3. The summed E-state index contributed by atoms with van der Waals surface area (Å²) >= 11 is 0. The van der Waals surface area contributed by atoms with E-state index in [4.69, 9.17) is 14.2 Å². The van der Waals surface area contributed by atoms with Gasteiger partial charge in [0, 0.05) is 56.8 Å². The highest BCUT2D eigenvalue weighted by Gasteiger charge is 2.32. The number of rotatable bonds is 6. The Balaban J connectivity index is 1.93. The molecule has 0 saturated carbocycles. The van der Waals surface area contributed by atoms with Crippen molar-refractivity contribution in [1.82, 2.24) is 9.97 Å². The number of nitrogens with one attached hydrogen (secondary N) is 2. The fraction of sp³-hybridized carbons (Fsp3) is 0.214. The van der Waals surface area contributed by atoms with Crippen molar-refractivity contribution in [2.75, 3.05) is 21.3 Å². The lowest BCUT2D eigenvalue weighted by Crippen LogP contribution is -2.10. The molecule has 2 N–H and O–H groups in total. The van der Waals surface area contributed by atoms with Gasteiger partial charge in [0.05, 0.1) is 21.3 Å². The van der Waals surface area contributed by atoms with E-state index in [0.717, 1.165) is 39.5 Å². The zero-order valence-electron chi connectivity index (χ0n) is 19.6. The molecule has 0 atom stereocenters. The lowest BCUT2D eigenvalue weighted by Gasteiger charge is -2.25. The van der Waals surface area contributed by atoms with Gasteiger partial charge in [0.25, 0.3) is 0 Å². The lowest BCUT2D eigenvalue weighted by molar-refractivity contribution is 0.368. The van der Waals surface area contributed by atoms with Crippen LogP contribution in [0.5, 0.6) is 17.2 Å². The van der Waals surface area contributed by atoms with Gasteiger partial charge in [0.1, 0.15) is 17.2 Å². The maximum Gasteiger partial charge on any atom is 0.130 e. The summed E-state index contributed by atoms with van der Waals surface area (Å²) in [6, 6.07) is 20.7. The minimum atomic E-state index is -0.131. The molecule has 5 heteroatoms. The fourth-order valence-electron chi connectivity index (χ4n) is 5.09. The first-order chi connectivity index (χ1) is 16.1. The van der Waals surface area contributed by atoms with Crippen LogP contribution in [0.2, 0.25) is 0 Å². The largest absolute Gasteiger partial charge is 0.496 e. The third-order valence-electron chi connectivity index (χ3n) is 6.51. The van der Waals surface area contributed by atoms with Crippen molar-refractivity contribution < 1.29 is 14.2 Å². The summed E-state index contributed by atoms with van der Waals surface area (Å²) in [5.41, 5.74) is 7.84. The van der Waals surface area contributed by atoms with Crippen LogP contribution < -0.4 is 14.2 Å². The second kappa shape index (κ2) is 8.24. The van der Waals surface area contributed by atoms with Gasteiger partial charge in [-0.2, -0.15) is 0 Å². The predicted molar refractivity (Wildman–Crippen MR) is 133 cm³/mol. The maximum absolute atomic E-state index is 5.93. The molecule has 5 aromatic rings. The molecule has 168 valence electrons. The van der Waals surface area contributed by atoms with Crippen LogP contribution in [0.1, 0.15) is 34.0 Å². The number of methoxy groups -OCH3 is 3. The molecule has 0 saturated heterocycles. The summed E-state index contributed by atoms with van der Waals surface area (Å²) in [7, 11) is 5.04. The average Bonchev–Trinajstić information content (AvgIpc) is 3.35. The molecule has 0 unspecified atom stereocenters. The Morgan fingerprint density at radius 3 is 1.48 bits per heavy atom. The number of aryl methyl sites for hydroxylation is 2. The summed E-state index contributed by atoms with van der Waals surface area (Å²) in [6.07, 6.45) is 0. The molecule has 33 heavy (non-hydrogen) atoms. The van der Waals surface area contributed by atoms with Crippen LogP contribution in [0.15, 0.2) is 60.7 Å². The summed E-state index contributed by atoms with van der Waals surface area (Å²) < 4.78 is 17.4. The van der Waals surface area contributed by atoms with E-state index in [0.29, 0.717) is 5.75 Å². The molecular weight excluding hydrogens is 412 g/mol. The van der Waals surface area contributed by atoms with Crippen molar-refractivity contribution in [3.05, 3.63) is 88.7 Å². The highest BCUT2D eigenvalue weighted by atomic mass is 16.5. The van der Waals surface area contributed by atoms with Crippen LogP contribution in [0, 0.1) is 13.8 Å². The van der Waals surface area contributed by atoms with Crippen LogP contribution in [0.25, 0.3) is 21.8 Å². The van der Waals surface area contributed by atoms with Crippen LogP contribution in [-0.4, -0.2) is 31.3 Å². The van der Waals surface area contributed by atoms with Crippen molar-refractivity contribution in [2.45, 2.75) is 19.8 Å². The first kappa shape index (κ1) is 21.0. The number of aromatic nitrogens is 2. The maximum atomic E-state index is 5.93. The fourth-order valence-corrected chi connectivity index (χ4v) is 5.09.